The van der Waals surface area contributed by atoms with Gasteiger partial charge < -0.3 is 19.5 Å². The van der Waals surface area contributed by atoms with Crippen LogP contribution in [0.25, 0.3) is 0 Å². The average Bonchev–Trinajstić information content (AvgIpc) is 2.64. The summed E-state index contributed by atoms with van der Waals surface area (Å²) in [6.07, 6.45) is 1.93. The number of unbranched alkanes of at least 4 members (excludes halogenated alkanes) is 1. The van der Waals surface area contributed by atoms with Gasteiger partial charge in [-0.1, -0.05) is 37.1 Å². The number of ether oxygens (including phenoxy) is 3. The van der Waals surface area contributed by atoms with Gasteiger partial charge in [0.2, 0.25) is 0 Å². The summed E-state index contributed by atoms with van der Waals surface area (Å²) in [5.74, 6) is 1.18. The maximum atomic E-state index is 12.6. The van der Waals surface area contributed by atoms with Gasteiger partial charge in [0, 0.05) is 5.56 Å². The summed E-state index contributed by atoms with van der Waals surface area (Å²) in [5, 5.41) is 3.18. The topological polar surface area (TPSA) is 56.8 Å². The van der Waals surface area contributed by atoms with Gasteiger partial charge >= 0.3 is 0 Å². The fourth-order valence-electron chi connectivity index (χ4n) is 2.36. The Morgan fingerprint density at radius 1 is 1.12 bits per heavy atom. The fourth-order valence-corrected chi connectivity index (χ4v) is 2.62. The third-order valence-corrected chi connectivity index (χ3v) is 3.95. The van der Waals surface area contributed by atoms with Crippen molar-refractivity contribution in [3.8, 4) is 17.2 Å². The maximum Gasteiger partial charge on any atom is 0.255 e. The lowest BCUT2D eigenvalue weighted by Gasteiger charge is -2.15. The summed E-state index contributed by atoms with van der Waals surface area (Å²) in [7, 11) is 1.52. The van der Waals surface area contributed by atoms with Crippen LogP contribution in [0.5, 0.6) is 17.2 Å². The van der Waals surface area contributed by atoms with E-state index in [2.05, 4.69) is 12.2 Å². The monoisotopic (exact) mass is 377 g/mol. The Hall–Kier alpha value is -2.40. The summed E-state index contributed by atoms with van der Waals surface area (Å²) in [5.41, 5.74) is 0.971. The lowest BCUT2D eigenvalue weighted by Crippen LogP contribution is -2.13. The first-order valence-electron chi connectivity index (χ1n) is 8.64. The number of amides is 1. The lowest BCUT2D eigenvalue weighted by atomic mass is 10.1. The second-order valence-electron chi connectivity index (χ2n) is 5.57. The number of hydrogen-bond acceptors (Lipinski definition) is 4. The van der Waals surface area contributed by atoms with E-state index in [0.29, 0.717) is 46.7 Å². The standard InChI is InChI=1S/C20H24ClNO4/c1-4-6-11-26-19-15(21)12-14(13-18(19)24-3)20(23)22-16-9-7-8-10-17(16)25-5-2/h7-10,12-13H,4-6,11H2,1-3H3,(H,22,23). The van der Waals surface area contributed by atoms with Crippen molar-refractivity contribution in [1.82, 2.24) is 0 Å². The summed E-state index contributed by atoms with van der Waals surface area (Å²) in [6, 6.07) is 10.5. The molecule has 0 radical (unpaired) electrons. The number of carbonyl (C=O) groups is 1. The number of halogens is 1. The first-order chi connectivity index (χ1) is 12.6. The number of rotatable bonds is 9. The highest BCUT2D eigenvalue weighted by Gasteiger charge is 2.17. The molecule has 2 aromatic carbocycles. The van der Waals surface area contributed by atoms with E-state index >= 15 is 0 Å². The summed E-state index contributed by atoms with van der Waals surface area (Å²) in [4.78, 5) is 12.6. The molecule has 1 N–H and O–H groups in total. The highest BCUT2D eigenvalue weighted by molar-refractivity contribution is 6.32. The summed E-state index contributed by atoms with van der Waals surface area (Å²) in [6.45, 7) is 5.02. The molecule has 5 nitrogen and oxygen atoms in total. The minimum Gasteiger partial charge on any atom is -0.493 e. The molecule has 140 valence electrons. The number of para-hydroxylation sites is 2. The molecule has 0 aliphatic heterocycles. The van der Waals surface area contributed by atoms with Crippen LogP contribution in [0.1, 0.15) is 37.0 Å². The first-order valence-corrected chi connectivity index (χ1v) is 9.02. The normalized spacial score (nSPS) is 10.3. The molecule has 26 heavy (non-hydrogen) atoms. The molecule has 0 saturated heterocycles. The predicted molar refractivity (Wildman–Crippen MR) is 104 cm³/mol. The molecule has 0 spiro atoms. The van der Waals surface area contributed by atoms with Gasteiger partial charge in [0.05, 0.1) is 31.0 Å². The van der Waals surface area contributed by atoms with E-state index < -0.39 is 0 Å². The molecule has 0 saturated carbocycles. The van der Waals surface area contributed by atoms with Crippen molar-refractivity contribution in [1.29, 1.82) is 0 Å². The van der Waals surface area contributed by atoms with Gasteiger partial charge in [-0.3, -0.25) is 4.79 Å². The largest absolute Gasteiger partial charge is 0.493 e. The van der Waals surface area contributed by atoms with Gasteiger partial charge in [0.1, 0.15) is 5.75 Å². The van der Waals surface area contributed by atoms with Gasteiger partial charge in [-0.25, -0.2) is 0 Å². The third kappa shape index (κ3) is 5.05. The minimum absolute atomic E-state index is 0.308. The SMILES string of the molecule is CCCCOc1c(Cl)cc(C(=O)Nc2ccccc2OCC)cc1OC. The van der Waals surface area contributed by atoms with Crippen LogP contribution in [0.2, 0.25) is 5.02 Å². The minimum atomic E-state index is -0.308. The van der Waals surface area contributed by atoms with Crippen molar-refractivity contribution in [3.05, 3.63) is 47.0 Å². The molecule has 0 aliphatic rings. The van der Waals surface area contributed by atoms with E-state index in [0.717, 1.165) is 12.8 Å². The molecule has 1 amide bonds. The first kappa shape index (κ1) is 19.9. The van der Waals surface area contributed by atoms with Crippen molar-refractivity contribution in [2.75, 3.05) is 25.6 Å². The number of carbonyl (C=O) groups excluding carboxylic acids is 1. The Labute approximate surface area is 159 Å². The van der Waals surface area contributed by atoms with Crippen molar-refractivity contribution < 1.29 is 19.0 Å². The summed E-state index contributed by atoms with van der Waals surface area (Å²) < 4.78 is 16.6. The van der Waals surface area contributed by atoms with Crippen LogP contribution < -0.4 is 19.5 Å². The summed E-state index contributed by atoms with van der Waals surface area (Å²) >= 11 is 6.31. The molecule has 0 aromatic heterocycles. The molecule has 2 aromatic rings. The van der Waals surface area contributed by atoms with Crippen molar-refractivity contribution in [2.24, 2.45) is 0 Å². The maximum absolute atomic E-state index is 12.6. The zero-order valence-electron chi connectivity index (χ0n) is 15.3. The second kappa shape index (κ2) is 9.92. The average molecular weight is 378 g/mol. The zero-order chi connectivity index (χ0) is 18.9. The Balaban J connectivity index is 2.23. The Kier molecular flexibility index (Phi) is 7.60. The Morgan fingerprint density at radius 3 is 2.58 bits per heavy atom. The molecule has 0 unspecified atom stereocenters. The predicted octanol–water partition coefficient (Wildman–Crippen LogP) is 5.18. The number of methoxy groups -OCH3 is 1. The molecule has 0 fully saturated rings. The number of benzene rings is 2. The van der Waals surface area contributed by atoms with Gasteiger partial charge in [-0.05, 0) is 37.6 Å². The third-order valence-electron chi connectivity index (χ3n) is 3.67. The van der Waals surface area contributed by atoms with Crippen LogP contribution in [0, 0.1) is 0 Å². The van der Waals surface area contributed by atoms with Crippen molar-refractivity contribution >= 4 is 23.2 Å². The van der Waals surface area contributed by atoms with Gasteiger partial charge in [0.25, 0.3) is 5.91 Å². The van der Waals surface area contributed by atoms with Crippen LogP contribution in [0.3, 0.4) is 0 Å². The van der Waals surface area contributed by atoms with Gasteiger partial charge in [-0.2, -0.15) is 0 Å². The van der Waals surface area contributed by atoms with E-state index in [9.17, 15) is 4.79 Å². The van der Waals surface area contributed by atoms with Gasteiger partial charge in [-0.15, -0.1) is 0 Å². The Bertz CT molecular complexity index is 749. The molecule has 0 heterocycles. The van der Waals surface area contributed by atoms with Crippen LogP contribution in [0.15, 0.2) is 36.4 Å². The molecular weight excluding hydrogens is 354 g/mol. The van der Waals surface area contributed by atoms with E-state index in [-0.39, 0.29) is 5.91 Å². The second-order valence-corrected chi connectivity index (χ2v) is 5.98. The quantitative estimate of drug-likeness (QED) is 0.612. The Morgan fingerprint density at radius 2 is 1.88 bits per heavy atom. The lowest BCUT2D eigenvalue weighted by molar-refractivity contribution is 0.102. The highest BCUT2D eigenvalue weighted by Crippen LogP contribution is 2.37. The van der Waals surface area contributed by atoms with E-state index in [1.165, 1.54) is 7.11 Å². The van der Waals surface area contributed by atoms with E-state index in [1.54, 1.807) is 24.3 Å². The molecule has 0 aliphatic carbocycles. The van der Waals surface area contributed by atoms with Gasteiger partial charge in [0.15, 0.2) is 11.5 Å². The van der Waals surface area contributed by atoms with Crippen LogP contribution in [-0.4, -0.2) is 26.2 Å². The fraction of sp³-hybridized carbons (Fsp3) is 0.350. The van der Waals surface area contributed by atoms with Crippen molar-refractivity contribution in [3.63, 3.8) is 0 Å². The van der Waals surface area contributed by atoms with E-state index in [1.807, 2.05) is 19.1 Å². The van der Waals surface area contributed by atoms with Crippen LogP contribution in [-0.2, 0) is 0 Å². The molecule has 6 heteroatoms. The molecular formula is C20H24ClNO4. The number of nitrogens with one attached hydrogen (secondary N) is 1. The molecule has 0 atom stereocenters. The smallest absolute Gasteiger partial charge is 0.255 e. The number of hydrogen-bond donors (Lipinski definition) is 1. The number of anilines is 1. The van der Waals surface area contributed by atoms with E-state index in [4.69, 9.17) is 25.8 Å². The molecule has 0 bridgehead atoms. The van der Waals surface area contributed by atoms with Crippen LogP contribution >= 0.6 is 11.6 Å². The van der Waals surface area contributed by atoms with Crippen molar-refractivity contribution in [2.45, 2.75) is 26.7 Å². The highest BCUT2D eigenvalue weighted by atomic mass is 35.5. The molecule has 2 rings (SSSR count). The zero-order valence-corrected chi connectivity index (χ0v) is 16.1. The van der Waals surface area contributed by atoms with Crippen LogP contribution in [0.4, 0.5) is 5.69 Å².